The molecule has 2 unspecified atom stereocenters. The summed E-state index contributed by atoms with van der Waals surface area (Å²) in [5.74, 6) is 1.33. The van der Waals surface area contributed by atoms with E-state index < -0.39 is 6.09 Å². The van der Waals surface area contributed by atoms with Gasteiger partial charge in [0.2, 0.25) is 0 Å². The lowest BCUT2D eigenvalue weighted by Gasteiger charge is -2.17. The van der Waals surface area contributed by atoms with Gasteiger partial charge in [0.1, 0.15) is 0 Å². The topological polar surface area (TPSA) is 62.1 Å². The van der Waals surface area contributed by atoms with Crippen LogP contribution in [-0.4, -0.2) is 34.9 Å². The van der Waals surface area contributed by atoms with Crippen LogP contribution in [0.1, 0.15) is 5.56 Å². The standard InChI is InChI=1S/C19H16Cl2N2O3/c20-15-7-6-11(8-16(15)21)18(22-26-12-4-2-1-3-5-12)17-13-9-23(19(24)25)10-14(13)17/h1-8,13-14,17H,9-10H2,(H,24,25). The fraction of sp³-hybridized carbons (Fsp3) is 0.263. The largest absolute Gasteiger partial charge is 0.465 e. The summed E-state index contributed by atoms with van der Waals surface area (Å²) in [6.07, 6.45) is -0.871. The molecule has 2 aliphatic rings. The second-order valence-electron chi connectivity index (χ2n) is 6.55. The van der Waals surface area contributed by atoms with E-state index in [4.69, 9.17) is 33.1 Å². The van der Waals surface area contributed by atoms with Gasteiger partial charge in [0.05, 0.1) is 15.8 Å². The van der Waals surface area contributed by atoms with Crippen molar-refractivity contribution in [3.63, 3.8) is 0 Å². The van der Waals surface area contributed by atoms with E-state index >= 15 is 0 Å². The van der Waals surface area contributed by atoms with Gasteiger partial charge in [-0.25, -0.2) is 4.79 Å². The monoisotopic (exact) mass is 390 g/mol. The highest BCUT2D eigenvalue weighted by molar-refractivity contribution is 6.42. The molecule has 2 aromatic carbocycles. The Bertz CT molecular complexity index is 860. The maximum atomic E-state index is 11.1. The van der Waals surface area contributed by atoms with Crippen LogP contribution in [0.15, 0.2) is 53.7 Å². The number of nitrogens with zero attached hydrogens (tertiary/aromatic N) is 2. The second kappa shape index (κ2) is 6.82. The Kier molecular flexibility index (Phi) is 4.51. The molecule has 0 radical (unpaired) electrons. The lowest BCUT2D eigenvalue weighted by molar-refractivity contribution is 0.149. The van der Waals surface area contributed by atoms with Crippen molar-refractivity contribution < 1.29 is 14.7 Å². The normalized spacial score (nSPS) is 24.3. The van der Waals surface area contributed by atoms with E-state index in [1.807, 2.05) is 36.4 Å². The number of halogens is 2. The number of oxime groups is 1. The van der Waals surface area contributed by atoms with Crippen molar-refractivity contribution in [2.75, 3.05) is 13.1 Å². The number of benzene rings is 2. The van der Waals surface area contributed by atoms with Gasteiger partial charge in [-0.1, -0.05) is 52.6 Å². The molecule has 1 saturated carbocycles. The molecule has 7 heteroatoms. The van der Waals surface area contributed by atoms with Crippen LogP contribution in [0.3, 0.4) is 0 Å². The lowest BCUT2D eigenvalue weighted by atomic mass is 10.0. The van der Waals surface area contributed by atoms with Crippen LogP contribution in [0.5, 0.6) is 5.75 Å². The van der Waals surface area contributed by atoms with Gasteiger partial charge < -0.3 is 14.8 Å². The third-order valence-corrected chi connectivity index (χ3v) is 5.73. The Morgan fingerprint density at radius 1 is 1.08 bits per heavy atom. The van der Waals surface area contributed by atoms with Crippen LogP contribution in [0.2, 0.25) is 10.0 Å². The molecule has 1 amide bonds. The molecule has 2 fully saturated rings. The molecule has 0 aromatic heterocycles. The molecule has 4 rings (SSSR count). The van der Waals surface area contributed by atoms with Crippen molar-refractivity contribution in [3.8, 4) is 5.75 Å². The first-order valence-corrected chi connectivity index (χ1v) is 9.03. The number of fused-ring (bicyclic) bond motifs is 1. The maximum absolute atomic E-state index is 11.1. The van der Waals surface area contributed by atoms with Gasteiger partial charge in [-0.2, -0.15) is 0 Å². The summed E-state index contributed by atoms with van der Waals surface area (Å²) < 4.78 is 0. The van der Waals surface area contributed by atoms with Gasteiger partial charge in [-0.05, 0) is 36.1 Å². The molecule has 1 heterocycles. The molecule has 1 saturated heterocycles. The van der Waals surface area contributed by atoms with Crippen LogP contribution in [0.25, 0.3) is 0 Å². The minimum Gasteiger partial charge on any atom is -0.465 e. The first kappa shape index (κ1) is 17.2. The van der Waals surface area contributed by atoms with Gasteiger partial charge in [0.15, 0.2) is 5.75 Å². The molecule has 5 nitrogen and oxygen atoms in total. The molecule has 2 aromatic rings. The Labute approximate surface area is 160 Å². The summed E-state index contributed by atoms with van der Waals surface area (Å²) in [5.41, 5.74) is 1.63. The van der Waals surface area contributed by atoms with Gasteiger partial charge in [-0.3, -0.25) is 0 Å². The highest BCUT2D eigenvalue weighted by Crippen LogP contribution is 2.53. The summed E-state index contributed by atoms with van der Waals surface area (Å²) in [5, 5.41) is 14.5. The summed E-state index contributed by atoms with van der Waals surface area (Å²) in [6, 6.07) is 14.7. The average Bonchev–Trinajstić information content (AvgIpc) is 3.10. The number of para-hydroxylation sites is 1. The van der Waals surface area contributed by atoms with Crippen molar-refractivity contribution in [2.24, 2.45) is 22.9 Å². The zero-order chi connectivity index (χ0) is 18.3. The number of rotatable bonds is 4. The van der Waals surface area contributed by atoms with Gasteiger partial charge >= 0.3 is 6.09 Å². The molecular weight excluding hydrogens is 375 g/mol. The smallest absolute Gasteiger partial charge is 0.407 e. The highest BCUT2D eigenvalue weighted by Gasteiger charge is 2.59. The van der Waals surface area contributed by atoms with Gasteiger partial charge in [0.25, 0.3) is 0 Å². The van der Waals surface area contributed by atoms with Crippen molar-refractivity contribution in [3.05, 3.63) is 64.1 Å². The van der Waals surface area contributed by atoms with Crippen LogP contribution >= 0.6 is 23.2 Å². The second-order valence-corrected chi connectivity index (χ2v) is 7.37. The number of carbonyl (C=O) groups is 1. The molecule has 0 spiro atoms. The first-order chi connectivity index (χ1) is 12.5. The first-order valence-electron chi connectivity index (χ1n) is 8.28. The number of piperidine rings is 1. The average molecular weight is 391 g/mol. The minimum absolute atomic E-state index is 0.159. The fourth-order valence-electron chi connectivity index (χ4n) is 3.63. The SMILES string of the molecule is O=C(O)N1CC2C(C1)C2C(=NOc1ccccc1)c1ccc(Cl)c(Cl)c1. The molecule has 1 N–H and O–H groups in total. The molecule has 1 aliphatic heterocycles. The third-order valence-electron chi connectivity index (χ3n) is 4.99. The molecular formula is C19H16Cl2N2O3. The summed E-state index contributed by atoms with van der Waals surface area (Å²) in [6.45, 7) is 1.05. The number of hydrogen-bond acceptors (Lipinski definition) is 3. The summed E-state index contributed by atoms with van der Waals surface area (Å²) in [4.78, 5) is 18.2. The predicted molar refractivity (Wildman–Crippen MR) is 100 cm³/mol. The van der Waals surface area contributed by atoms with Crippen LogP contribution in [-0.2, 0) is 0 Å². The van der Waals surface area contributed by atoms with E-state index in [0.29, 0.717) is 28.9 Å². The lowest BCUT2D eigenvalue weighted by Crippen LogP contribution is -2.31. The number of amides is 1. The molecule has 134 valence electrons. The molecule has 0 bridgehead atoms. The van der Waals surface area contributed by atoms with E-state index in [9.17, 15) is 4.79 Å². The highest BCUT2D eigenvalue weighted by atomic mass is 35.5. The van der Waals surface area contributed by atoms with Crippen molar-refractivity contribution in [2.45, 2.75) is 0 Å². The van der Waals surface area contributed by atoms with Gasteiger partial charge in [-0.15, -0.1) is 0 Å². The van der Waals surface area contributed by atoms with E-state index in [-0.39, 0.29) is 17.8 Å². The number of hydrogen-bond donors (Lipinski definition) is 1. The minimum atomic E-state index is -0.871. The van der Waals surface area contributed by atoms with E-state index in [2.05, 4.69) is 5.16 Å². The summed E-state index contributed by atoms with van der Waals surface area (Å²) >= 11 is 12.2. The van der Waals surface area contributed by atoms with E-state index in [1.165, 1.54) is 4.90 Å². The van der Waals surface area contributed by atoms with E-state index in [0.717, 1.165) is 11.3 Å². The zero-order valence-electron chi connectivity index (χ0n) is 13.7. The molecule has 26 heavy (non-hydrogen) atoms. The maximum Gasteiger partial charge on any atom is 0.407 e. The van der Waals surface area contributed by atoms with Gasteiger partial charge in [0, 0.05) is 24.6 Å². The Morgan fingerprint density at radius 3 is 2.38 bits per heavy atom. The van der Waals surface area contributed by atoms with Crippen LogP contribution < -0.4 is 4.84 Å². The fourth-order valence-corrected chi connectivity index (χ4v) is 3.93. The van der Waals surface area contributed by atoms with Crippen LogP contribution in [0.4, 0.5) is 4.79 Å². The van der Waals surface area contributed by atoms with Crippen LogP contribution in [0, 0.1) is 17.8 Å². The predicted octanol–water partition coefficient (Wildman–Crippen LogP) is 4.63. The number of carboxylic acid groups (broad SMARTS) is 1. The zero-order valence-corrected chi connectivity index (χ0v) is 15.2. The third kappa shape index (κ3) is 3.24. The Morgan fingerprint density at radius 2 is 1.77 bits per heavy atom. The summed E-state index contributed by atoms with van der Waals surface area (Å²) in [7, 11) is 0. The molecule has 1 aliphatic carbocycles. The number of likely N-dealkylation sites (tertiary alicyclic amines) is 1. The Balaban J connectivity index is 1.61. The Hall–Kier alpha value is -2.24. The molecule has 2 atom stereocenters. The van der Waals surface area contributed by atoms with Crippen molar-refractivity contribution >= 4 is 35.0 Å². The quantitative estimate of drug-likeness (QED) is 0.611. The van der Waals surface area contributed by atoms with Crippen molar-refractivity contribution in [1.29, 1.82) is 0 Å². The van der Waals surface area contributed by atoms with E-state index in [1.54, 1.807) is 12.1 Å². The van der Waals surface area contributed by atoms with Crippen molar-refractivity contribution in [1.82, 2.24) is 4.90 Å².